The Labute approximate surface area is 112 Å². The maximum Gasteiger partial charge on any atom is 0.226 e. The van der Waals surface area contributed by atoms with Crippen molar-refractivity contribution in [3.8, 4) is 0 Å². The average molecular weight is 285 g/mol. The third kappa shape index (κ3) is 4.34. The third-order valence-electron chi connectivity index (χ3n) is 3.36. The van der Waals surface area contributed by atoms with Gasteiger partial charge in [-0.25, -0.2) is 8.42 Å². The molecule has 0 unspecified atom stereocenters. The lowest BCUT2D eigenvalue weighted by molar-refractivity contribution is -0.115. The number of hydrogen-bond acceptors (Lipinski definition) is 4. The Morgan fingerprint density at radius 3 is 2.79 bits per heavy atom. The van der Waals surface area contributed by atoms with Gasteiger partial charge in [0.15, 0.2) is 5.82 Å². The van der Waals surface area contributed by atoms with E-state index in [1.165, 1.54) is 12.8 Å². The number of rotatable bonds is 5. The molecule has 1 heterocycles. The van der Waals surface area contributed by atoms with Crippen molar-refractivity contribution in [1.29, 1.82) is 0 Å². The van der Waals surface area contributed by atoms with Crippen LogP contribution in [0.4, 0.5) is 5.82 Å². The molecule has 2 rings (SSSR count). The number of nitrogens with one attached hydrogen (secondary N) is 2. The van der Waals surface area contributed by atoms with Crippen molar-refractivity contribution < 1.29 is 13.2 Å². The number of carbonyl (C=O) groups excluding carboxylic acids is 1. The fourth-order valence-corrected chi connectivity index (χ4v) is 2.89. The molecule has 6 nitrogen and oxygen atoms in total. The molecule has 1 amide bonds. The first-order valence-corrected chi connectivity index (χ1v) is 8.53. The molecule has 1 aliphatic carbocycles. The maximum absolute atomic E-state index is 11.6. The second-order valence-corrected chi connectivity index (χ2v) is 7.38. The normalized spacial score (nSPS) is 16.7. The maximum atomic E-state index is 11.6. The Kier molecular flexibility index (Phi) is 4.24. The number of nitrogens with zero attached hydrogens (tertiary/aromatic N) is 1. The number of sulfone groups is 1. The van der Waals surface area contributed by atoms with E-state index in [9.17, 15) is 13.2 Å². The molecule has 1 saturated carbocycles. The summed E-state index contributed by atoms with van der Waals surface area (Å²) in [6.45, 7) is 0. The molecule has 0 saturated heterocycles. The molecule has 0 aromatic carbocycles. The van der Waals surface area contributed by atoms with E-state index in [0.29, 0.717) is 11.7 Å². The Balaban J connectivity index is 1.87. The Bertz CT molecular complexity index is 544. The number of hydrogen-bond donors (Lipinski definition) is 2. The molecule has 1 aliphatic rings. The lowest BCUT2D eigenvalue weighted by Gasteiger charge is -2.03. The first-order chi connectivity index (χ1) is 8.94. The molecule has 1 aromatic heterocycles. The minimum Gasteiger partial charge on any atom is -0.309 e. The number of amides is 1. The highest BCUT2D eigenvalue weighted by Gasteiger charge is 2.19. The van der Waals surface area contributed by atoms with Gasteiger partial charge in [-0.05, 0) is 12.8 Å². The molecular weight excluding hydrogens is 266 g/mol. The van der Waals surface area contributed by atoms with Crippen molar-refractivity contribution in [2.45, 2.75) is 38.0 Å². The molecule has 1 aromatic rings. The monoisotopic (exact) mass is 285 g/mol. The van der Waals surface area contributed by atoms with Gasteiger partial charge in [0.05, 0.1) is 5.75 Å². The van der Waals surface area contributed by atoms with E-state index in [2.05, 4.69) is 15.5 Å². The summed E-state index contributed by atoms with van der Waals surface area (Å²) in [5, 5.41) is 9.59. The second-order valence-electron chi connectivity index (χ2n) is 5.12. The second kappa shape index (κ2) is 5.73. The fourth-order valence-electron chi connectivity index (χ4n) is 2.33. The van der Waals surface area contributed by atoms with Crippen LogP contribution in [0.3, 0.4) is 0 Å². The van der Waals surface area contributed by atoms with Crippen LogP contribution < -0.4 is 5.32 Å². The van der Waals surface area contributed by atoms with Crippen LogP contribution >= 0.6 is 0 Å². The Hall–Kier alpha value is -1.37. The third-order valence-corrected chi connectivity index (χ3v) is 4.31. The molecule has 0 radical (unpaired) electrons. The minimum atomic E-state index is -3.11. The SMILES string of the molecule is CS(=O)(=O)CCC(=O)Nc1cc(C2CCCC2)[nH]n1. The first kappa shape index (κ1) is 14.0. The molecule has 0 atom stereocenters. The van der Waals surface area contributed by atoms with Crippen molar-refractivity contribution in [2.75, 3.05) is 17.3 Å². The fraction of sp³-hybridized carbons (Fsp3) is 0.667. The average Bonchev–Trinajstić information content (AvgIpc) is 2.94. The lowest BCUT2D eigenvalue weighted by atomic mass is 10.0. The predicted molar refractivity (Wildman–Crippen MR) is 72.8 cm³/mol. The lowest BCUT2D eigenvalue weighted by Crippen LogP contribution is -2.16. The largest absolute Gasteiger partial charge is 0.309 e. The van der Waals surface area contributed by atoms with Gasteiger partial charge >= 0.3 is 0 Å². The van der Waals surface area contributed by atoms with Crippen molar-refractivity contribution >= 4 is 21.6 Å². The molecule has 19 heavy (non-hydrogen) atoms. The highest BCUT2D eigenvalue weighted by Crippen LogP contribution is 2.33. The van der Waals surface area contributed by atoms with E-state index >= 15 is 0 Å². The van der Waals surface area contributed by atoms with Gasteiger partial charge in [0.1, 0.15) is 9.84 Å². The van der Waals surface area contributed by atoms with E-state index in [-0.39, 0.29) is 18.1 Å². The quantitative estimate of drug-likeness (QED) is 0.856. The van der Waals surface area contributed by atoms with Crippen LogP contribution in [0.2, 0.25) is 0 Å². The van der Waals surface area contributed by atoms with E-state index in [0.717, 1.165) is 24.8 Å². The van der Waals surface area contributed by atoms with Crippen LogP contribution in [-0.2, 0) is 14.6 Å². The van der Waals surface area contributed by atoms with Crippen molar-refractivity contribution in [1.82, 2.24) is 10.2 Å². The Morgan fingerprint density at radius 2 is 2.16 bits per heavy atom. The predicted octanol–water partition coefficient (Wildman–Crippen LogP) is 1.44. The number of aromatic amines is 1. The summed E-state index contributed by atoms with van der Waals surface area (Å²) in [7, 11) is -3.11. The number of H-pyrrole nitrogens is 1. The molecule has 2 N–H and O–H groups in total. The van der Waals surface area contributed by atoms with E-state index in [1.807, 2.05) is 6.07 Å². The molecule has 106 valence electrons. The van der Waals surface area contributed by atoms with Crippen molar-refractivity contribution in [3.05, 3.63) is 11.8 Å². The van der Waals surface area contributed by atoms with E-state index in [1.54, 1.807) is 0 Å². The molecule has 0 aliphatic heterocycles. The van der Waals surface area contributed by atoms with Gasteiger partial charge < -0.3 is 5.32 Å². The highest BCUT2D eigenvalue weighted by atomic mass is 32.2. The van der Waals surface area contributed by atoms with Crippen LogP contribution in [0.25, 0.3) is 0 Å². The van der Waals surface area contributed by atoms with Gasteiger partial charge in [0, 0.05) is 30.4 Å². The van der Waals surface area contributed by atoms with E-state index < -0.39 is 9.84 Å². The van der Waals surface area contributed by atoms with Crippen LogP contribution in [0.15, 0.2) is 6.07 Å². The van der Waals surface area contributed by atoms with Gasteiger partial charge in [0.25, 0.3) is 0 Å². The number of aromatic nitrogens is 2. The summed E-state index contributed by atoms with van der Waals surface area (Å²) in [5.74, 6) is 0.517. The standard InChI is InChI=1S/C12H19N3O3S/c1-19(17,18)7-6-12(16)13-11-8-10(14-15-11)9-4-2-3-5-9/h8-9H,2-7H2,1H3,(H2,13,14,15,16). The van der Waals surface area contributed by atoms with Gasteiger partial charge in [-0.1, -0.05) is 12.8 Å². The smallest absolute Gasteiger partial charge is 0.226 e. The van der Waals surface area contributed by atoms with Crippen LogP contribution in [-0.4, -0.2) is 36.5 Å². The minimum absolute atomic E-state index is 0.0372. The molecule has 7 heteroatoms. The molecule has 1 fully saturated rings. The van der Waals surface area contributed by atoms with Gasteiger partial charge in [-0.2, -0.15) is 5.10 Å². The van der Waals surface area contributed by atoms with Crippen LogP contribution in [0, 0.1) is 0 Å². The summed E-state index contributed by atoms with van der Waals surface area (Å²) in [5.41, 5.74) is 1.05. The Morgan fingerprint density at radius 1 is 1.47 bits per heavy atom. The summed E-state index contributed by atoms with van der Waals surface area (Å²) in [6.07, 6.45) is 5.87. The summed E-state index contributed by atoms with van der Waals surface area (Å²) < 4.78 is 21.9. The van der Waals surface area contributed by atoms with Crippen molar-refractivity contribution in [3.63, 3.8) is 0 Å². The zero-order valence-electron chi connectivity index (χ0n) is 11.0. The van der Waals surface area contributed by atoms with Gasteiger partial charge in [-0.15, -0.1) is 0 Å². The summed E-state index contributed by atoms with van der Waals surface area (Å²) in [4.78, 5) is 11.6. The van der Waals surface area contributed by atoms with Gasteiger partial charge in [-0.3, -0.25) is 9.89 Å². The van der Waals surface area contributed by atoms with Crippen LogP contribution in [0.1, 0.15) is 43.7 Å². The molecule has 0 bridgehead atoms. The summed E-state index contributed by atoms with van der Waals surface area (Å²) >= 11 is 0. The topological polar surface area (TPSA) is 91.9 Å². The zero-order chi connectivity index (χ0) is 13.9. The van der Waals surface area contributed by atoms with Crippen molar-refractivity contribution in [2.24, 2.45) is 0 Å². The zero-order valence-corrected chi connectivity index (χ0v) is 11.8. The number of anilines is 1. The highest BCUT2D eigenvalue weighted by molar-refractivity contribution is 7.90. The van der Waals surface area contributed by atoms with E-state index in [4.69, 9.17) is 0 Å². The molecule has 0 spiro atoms. The van der Waals surface area contributed by atoms with Crippen LogP contribution in [0.5, 0.6) is 0 Å². The number of carbonyl (C=O) groups is 1. The first-order valence-electron chi connectivity index (χ1n) is 6.47. The van der Waals surface area contributed by atoms with Gasteiger partial charge in [0.2, 0.25) is 5.91 Å². The summed E-state index contributed by atoms with van der Waals surface area (Å²) in [6, 6.07) is 1.84. The molecular formula is C12H19N3O3S.